The second kappa shape index (κ2) is 6.86. The van der Waals surface area contributed by atoms with Crippen LogP contribution in [0.15, 0.2) is 28.4 Å². The number of thiol groups is 1. The summed E-state index contributed by atoms with van der Waals surface area (Å²) in [4.78, 5) is 1.57. The Morgan fingerprint density at radius 2 is 2.28 bits per heavy atom. The number of aromatic hydroxyl groups is 1. The number of phenols is 1. The number of nitrogens with zero attached hydrogens (tertiary/aromatic N) is 3. The van der Waals surface area contributed by atoms with E-state index in [2.05, 4.69) is 22.9 Å². The van der Waals surface area contributed by atoms with E-state index in [0.29, 0.717) is 10.9 Å². The molecule has 1 aromatic carbocycles. The van der Waals surface area contributed by atoms with Gasteiger partial charge in [0.1, 0.15) is 5.75 Å². The molecule has 2 N–H and O–H groups in total. The first-order valence-electron chi connectivity index (χ1n) is 4.88. The van der Waals surface area contributed by atoms with Crippen LogP contribution in [0.5, 0.6) is 5.75 Å². The summed E-state index contributed by atoms with van der Waals surface area (Å²) >= 11 is 11.3. The summed E-state index contributed by atoms with van der Waals surface area (Å²) < 4.78 is 0. The fourth-order valence-corrected chi connectivity index (χ4v) is 1.81. The molecule has 0 saturated heterocycles. The van der Waals surface area contributed by atoms with E-state index < -0.39 is 5.50 Å². The first-order valence-corrected chi connectivity index (χ1v) is 7.00. The van der Waals surface area contributed by atoms with Crippen molar-refractivity contribution in [3.8, 4) is 5.75 Å². The molecular weight excluding hydrogens is 292 g/mol. The smallest absolute Gasteiger partial charge is 0.188 e. The number of rotatable bonds is 3. The van der Waals surface area contributed by atoms with Crippen LogP contribution < -0.4 is 0 Å². The lowest BCUT2D eigenvalue weighted by atomic mass is 10.3. The van der Waals surface area contributed by atoms with Gasteiger partial charge in [-0.25, -0.2) is 0 Å². The van der Waals surface area contributed by atoms with Crippen molar-refractivity contribution in [2.24, 2.45) is 10.2 Å². The molecule has 0 bridgehead atoms. The zero-order chi connectivity index (χ0) is 13.7. The van der Waals surface area contributed by atoms with Crippen LogP contribution in [-0.4, -0.2) is 34.0 Å². The average molecular weight is 305 g/mol. The highest BCUT2D eigenvalue weighted by Crippen LogP contribution is 2.28. The summed E-state index contributed by atoms with van der Waals surface area (Å²) in [6.07, 6.45) is 1.80. The second-order valence-corrected chi connectivity index (χ2v) is 4.98. The van der Waals surface area contributed by atoms with Crippen molar-refractivity contribution in [3.05, 3.63) is 23.2 Å². The number of halogens is 1. The fraction of sp³-hybridized carbons (Fsp3) is 0.300. The minimum Gasteiger partial charge on any atom is -0.506 e. The largest absolute Gasteiger partial charge is 0.506 e. The maximum absolute atomic E-state index is 9.26. The highest BCUT2D eigenvalue weighted by atomic mass is 35.5. The molecule has 8 heteroatoms. The van der Waals surface area contributed by atoms with Crippen molar-refractivity contribution in [1.29, 1.82) is 5.41 Å². The van der Waals surface area contributed by atoms with Crippen LogP contribution in [0.4, 0.5) is 5.69 Å². The number of thioether (sulfide) groups is 1. The fourth-order valence-electron chi connectivity index (χ4n) is 1.00. The number of hydrogen-bond acceptors (Lipinski definition) is 6. The van der Waals surface area contributed by atoms with E-state index in [4.69, 9.17) is 17.0 Å². The van der Waals surface area contributed by atoms with Gasteiger partial charge >= 0.3 is 0 Å². The summed E-state index contributed by atoms with van der Waals surface area (Å²) in [6, 6.07) is 4.53. The maximum Gasteiger partial charge on any atom is 0.188 e. The Hall–Kier alpha value is -0.920. The lowest BCUT2D eigenvalue weighted by Crippen LogP contribution is -2.29. The van der Waals surface area contributed by atoms with Gasteiger partial charge in [0.15, 0.2) is 10.7 Å². The third-order valence-electron chi connectivity index (χ3n) is 2.07. The Labute approximate surface area is 120 Å². The van der Waals surface area contributed by atoms with Crippen LogP contribution >= 0.6 is 36.0 Å². The summed E-state index contributed by atoms with van der Waals surface area (Å²) in [6.45, 7) is 0. The SMILES string of the molecule is CSC(=N)N(C)C(S)N=Nc1ccc(O)c(Cl)c1. The van der Waals surface area contributed by atoms with E-state index in [0.717, 1.165) is 0 Å². The minimum absolute atomic E-state index is 0.000631. The number of nitrogens with one attached hydrogen (secondary N) is 1. The Kier molecular flexibility index (Phi) is 5.77. The summed E-state index contributed by atoms with van der Waals surface area (Å²) in [5.74, 6) is -0.000631. The van der Waals surface area contributed by atoms with Crippen molar-refractivity contribution in [1.82, 2.24) is 4.90 Å². The van der Waals surface area contributed by atoms with E-state index in [1.807, 2.05) is 0 Å². The van der Waals surface area contributed by atoms with Crippen molar-refractivity contribution in [2.75, 3.05) is 13.3 Å². The normalized spacial score (nSPS) is 12.7. The number of amidine groups is 1. The van der Waals surface area contributed by atoms with Gasteiger partial charge in [-0.2, -0.15) is 10.2 Å². The van der Waals surface area contributed by atoms with Crippen molar-refractivity contribution < 1.29 is 5.11 Å². The molecule has 0 fully saturated rings. The predicted molar refractivity (Wildman–Crippen MR) is 79.4 cm³/mol. The van der Waals surface area contributed by atoms with Crippen LogP contribution in [-0.2, 0) is 0 Å². The van der Waals surface area contributed by atoms with Gasteiger partial charge in [0.2, 0.25) is 0 Å². The van der Waals surface area contributed by atoms with Crippen LogP contribution in [0.25, 0.3) is 0 Å². The van der Waals surface area contributed by atoms with Gasteiger partial charge in [-0.1, -0.05) is 23.4 Å². The van der Waals surface area contributed by atoms with Gasteiger partial charge in [0.25, 0.3) is 0 Å². The molecule has 1 atom stereocenters. The van der Waals surface area contributed by atoms with Crippen molar-refractivity contribution in [3.63, 3.8) is 0 Å². The van der Waals surface area contributed by atoms with Crippen LogP contribution in [0, 0.1) is 5.41 Å². The quantitative estimate of drug-likeness (QED) is 0.263. The van der Waals surface area contributed by atoms with Crippen LogP contribution in [0.1, 0.15) is 0 Å². The molecule has 98 valence electrons. The van der Waals surface area contributed by atoms with Crippen LogP contribution in [0.2, 0.25) is 5.02 Å². The molecule has 1 aromatic rings. The molecule has 0 spiro atoms. The van der Waals surface area contributed by atoms with Gasteiger partial charge in [0.05, 0.1) is 10.7 Å². The summed E-state index contributed by atoms with van der Waals surface area (Å²) in [7, 11) is 1.71. The molecule has 0 aliphatic carbocycles. The number of phenolic OH excluding ortho intramolecular Hbond substituents is 1. The summed E-state index contributed by atoms with van der Waals surface area (Å²) in [5, 5.41) is 25.3. The zero-order valence-electron chi connectivity index (χ0n) is 9.83. The summed E-state index contributed by atoms with van der Waals surface area (Å²) in [5.41, 5.74) is -0.0292. The number of hydrogen-bond donors (Lipinski definition) is 3. The first kappa shape index (κ1) is 15.1. The number of azo groups is 1. The first-order chi connectivity index (χ1) is 8.45. The molecule has 1 rings (SSSR count). The van der Waals surface area contributed by atoms with Gasteiger partial charge in [-0.15, -0.1) is 12.6 Å². The highest BCUT2D eigenvalue weighted by molar-refractivity contribution is 8.13. The molecule has 0 aliphatic heterocycles. The molecule has 0 heterocycles. The van der Waals surface area contributed by atoms with E-state index in [1.54, 1.807) is 24.3 Å². The van der Waals surface area contributed by atoms with Gasteiger partial charge in [-0.05, 0) is 24.5 Å². The Morgan fingerprint density at radius 3 is 2.83 bits per heavy atom. The third kappa shape index (κ3) is 4.08. The van der Waals surface area contributed by atoms with Gasteiger partial charge in [0, 0.05) is 7.05 Å². The molecule has 0 aromatic heterocycles. The van der Waals surface area contributed by atoms with E-state index >= 15 is 0 Å². The van der Waals surface area contributed by atoms with Gasteiger partial charge < -0.3 is 10.0 Å². The lowest BCUT2D eigenvalue weighted by Gasteiger charge is -2.20. The second-order valence-electron chi connectivity index (χ2n) is 3.32. The molecule has 18 heavy (non-hydrogen) atoms. The maximum atomic E-state index is 9.26. The molecule has 5 nitrogen and oxygen atoms in total. The Balaban J connectivity index is 2.74. The lowest BCUT2D eigenvalue weighted by molar-refractivity contribution is 0.475. The standard InChI is InChI=1S/C10H13ClN4OS2/c1-15(9(12)18-2)10(17)14-13-6-3-4-8(16)7(11)5-6/h3-5,10,12,16-17H,1-2H3. The Bertz CT molecular complexity index is 469. The van der Waals surface area contributed by atoms with E-state index in [1.165, 1.54) is 23.9 Å². The molecule has 0 radical (unpaired) electrons. The molecule has 1 unspecified atom stereocenters. The van der Waals surface area contributed by atoms with Crippen molar-refractivity contribution in [2.45, 2.75) is 5.50 Å². The van der Waals surface area contributed by atoms with E-state index in [9.17, 15) is 5.11 Å². The van der Waals surface area contributed by atoms with E-state index in [-0.39, 0.29) is 10.8 Å². The Morgan fingerprint density at radius 1 is 1.61 bits per heavy atom. The highest BCUT2D eigenvalue weighted by Gasteiger charge is 2.11. The molecule has 0 amide bonds. The monoisotopic (exact) mass is 304 g/mol. The molecule has 0 aliphatic rings. The van der Waals surface area contributed by atoms with Gasteiger partial charge in [-0.3, -0.25) is 5.41 Å². The zero-order valence-corrected chi connectivity index (χ0v) is 12.3. The minimum atomic E-state index is -0.544. The molecular formula is C10H13ClN4OS2. The number of benzene rings is 1. The van der Waals surface area contributed by atoms with Crippen molar-refractivity contribution >= 4 is 46.8 Å². The topological polar surface area (TPSA) is 72.0 Å². The molecule has 0 saturated carbocycles. The van der Waals surface area contributed by atoms with Crippen LogP contribution in [0.3, 0.4) is 0 Å². The third-order valence-corrected chi connectivity index (χ3v) is 3.49. The average Bonchev–Trinajstić information content (AvgIpc) is 2.37. The predicted octanol–water partition coefficient (Wildman–Crippen LogP) is 3.57.